The molecule has 0 amide bonds. The van der Waals surface area contributed by atoms with E-state index in [0.29, 0.717) is 6.04 Å². The summed E-state index contributed by atoms with van der Waals surface area (Å²) in [6.45, 7) is 10.5. The molecule has 0 aromatic rings. The van der Waals surface area contributed by atoms with Gasteiger partial charge in [0.05, 0.1) is 0 Å². The summed E-state index contributed by atoms with van der Waals surface area (Å²) in [7, 11) is 8.36. The second-order valence-corrected chi connectivity index (χ2v) is 5.58. The van der Waals surface area contributed by atoms with Crippen molar-refractivity contribution >= 4 is 0 Å². The Hall–Kier alpha value is 0.984. The summed E-state index contributed by atoms with van der Waals surface area (Å²) in [5.41, 5.74) is 0. The minimum absolute atomic E-state index is 0. The zero-order chi connectivity index (χ0) is 12.1. The van der Waals surface area contributed by atoms with Crippen LogP contribution in [0.5, 0.6) is 0 Å². The van der Waals surface area contributed by atoms with Crippen LogP contribution in [-0.4, -0.2) is 67.6 Å². The zero-order valence-electron chi connectivity index (χ0n) is 12.0. The van der Waals surface area contributed by atoms with E-state index in [1.807, 2.05) is 0 Å². The average molecular weight is 315 g/mol. The van der Waals surface area contributed by atoms with Crippen LogP contribution in [0.15, 0.2) is 0 Å². The van der Waals surface area contributed by atoms with Crippen molar-refractivity contribution in [1.29, 1.82) is 0 Å². The Kier molecular flexibility index (Phi) is 9.50. The topological polar surface area (TPSA) is 9.72 Å². The monoisotopic (exact) mass is 315 g/mol. The van der Waals surface area contributed by atoms with Crippen LogP contribution in [0.1, 0.15) is 20.3 Å². The largest absolute Gasteiger partial charge is 0.457 e. The quantitative estimate of drug-likeness (QED) is 0.710. The van der Waals surface area contributed by atoms with Crippen LogP contribution < -0.4 is 0 Å². The molecule has 0 N–H and O–H groups in total. The second kappa shape index (κ2) is 8.98. The first-order valence-corrected chi connectivity index (χ1v) is 6.45. The van der Waals surface area contributed by atoms with Gasteiger partial charge < -0.3 is 9.80 Å². The molecule has 1 rings (SSSR count). The van der Waals surface area contributed by atoms with Crippen LogP contribution in [0, 0.1) is 13.0 Å². The van der Waals surface area contributed by atoms with Crippen LogP contribution in [0.4, 0.5) is 0 Å². The molecular weight excluding hydrogens is 287 g/mol. The van der Waals surface area contributed by atoms with Crippen LogP contribution in [0.2, 0.25) is 0 Å². The first-order chi connectivity index (χ1) is 7.50. The maximum Gasteiger partial charge on any atom is 0.0222 e. The van der Waals surface area contributed by atoms with Gasteiger partial charge in [0, 0.05) is 45.3 Å². The van der Waals surface area contributed by atoms with Crippen molar-refractivity contribution in [2.45, 2.75) is 26.3 Å². The molecule has 0 spiro atoms. The molecule has 1 radical (unpaired) electrons. The Bertz CT molecular complexity index is 197. The van der Waals surface area contributed by atoms with Gasteiger partial charge in [-0.2, -0.15) is 0 Å². The SMILES string of the molecule is [CH2-]N1CCN(CCCN(C)C)C(C(C)C)C1.[Y]. The van der Waals surface area contributed by atoms with Crippen molar-refractivity contribution in [2.75, 3.05) is 46.8 Å². The van der Waals surface area contributed by atoms with E-state index in [9.17, 15) is 0 Å². The van der Waals surface area contributed by atoms with Gasteiger partial charge in [0.15, 0.2) is 0 Å². The Balaban J connectivity index is 0.00000256. The zero-order valence-corrected chi connectivity index (χ0v) is 14.9. The number of piperazine rings is 1. The number of hydrogen-bond acceptors (Lipinski definition) is 3. The van der Waals surface area contributed by atoms with E-state index in [2.05, 4.69) is 49.7 Å². The smallest absolute Gasteiger partial charge is 0.0222 e. The van der Waals surface area contributed by atoms with E-state index in [1.54, 1.807) is 0 Å². The second-order valence-electron chi connectivity index (χ2n) is 5.58. The predicted molar refractivity (Wildman–Crippen MR) is 70.3 cm³/mol. The Morgan fingerprint density at radius 2 is 1.94 bits per heavy atom. The fourth-order valence-electron chi connectivity index (χ4n) is 2.41. The molecule has 1 heterocycles. The fraction of sp³-hybridized carbons (Fsp3) is 0.923. The maximum absolute atomic E-state index is 4.07. The van der Waals surface area contributed by atoms with Gasteiger partial charge in [-0.15, -0.1) is 0 Å². The molecule has 1 atom stereocenters. The normalized spacial score (nSPS) is 23.1. The summed E-state index contributed by atoms with van der Waals surface area (Å²) >= 11 is 0. The summed E-state index contributed by atoms with van der Waals surface area (Å²) in [6, 6.07) is 0.688. The van der Waals surface area contributed by atoms with Crippen molar-refractivity contribution < 1.29 is 32.7 Å². The van der Waals surface area contributed by atoms with Gasteiger partial charge >= 0.3 is 0 Å². The van der Waals surface area contributed by atoms with Gasteiger partial charge in [-0.1, -0.05) is 13.8 Å². The Labute approximate surface area is 133 Å². The summed E-state index contributed by atoms with van der Waals surface area (Å²) in [5.74, 6) is 0.726. The van der Waals surface area contributed by atoms with Gasteiger partial charge in [0.2, 0.25) is 0 Å². The van der Waals surface area contributed by atoms with Crippen LogP contribution in [0.3, 0.4) is 0 Å². The van der Waals surface area contributed by atoms with Gasteiger partial charge in [-0.05, 0) is 52.6 Å². The van der Waals surface area contributed by atoms with E-state index >= 15 is 0 Å². The number of hydrogen-bond donors (Lipinski definition) is 0. The minimum atomic E-state index is 0. The molecule has 4 heteroatoms. The molecule has 1 aliphatic rings. The number of rotatable bonds is 5. The molecule has 99 valence electrons. The summed E-state index contributed by atoms with van der Waals surface area (Å²) in [5, 5.41) is 0. The Morgan fingerprint density at radius 3 is 2.47 bits per heavy atom. The van der Waals surface area contributed by atoms with E-state index in [4.69, 9.17) is 0 Å². The van der Waals surface area contributed by atoms with Crippen LogP contribution in [0.25, 0.3) is 0 Å². The fourth-order valence-corrected chi connectivity index (χ4v) is 2.41. The molecule has 3 nitrogen and oxygen atoms in total. The molecule has 0 aromatic carbocycles. The molecule has 1 saturated heterocycles. The van der Waals surface area contributed by atoms with Crippen LogP contribution >= 0.6 is 0 Å². The standard InChI is InChI=1S/C13H28N3.Y/c1-12(2)13-11-15(5)9-10-16(13)8-6-7-14(3)4;/h12-13H,5-11H2,1-4H3;/q-1;. The molecule has 0 aromatic heterocycles. The van der Waals surface area contributed by atoms with Crippen molar-refractivity contribution in [2.24, 2.45) is 5.92 Å². The molecular formula is C13H28N3Y-. The molecule has 1 unspecified atom stereocenters. The molecule has 1 aliphatic heterocycles. The molecule has 0 aliphatic carbocycles. The summed E-state index contributed by atoms with van der Waals surface area (Å²) < 4.78 is 0. The third kappa shape index (κ3) is 6.63. The number of nitrogens with zero attached hydrogens (tertiary/aromatic N) is 3. The summed E-state index contributed by atoms with van der Waals surface area (Å²) in [4.78, 5) is 7.13. The van der Waals surface area contributed by atoms with E-state index in [1.165, 1.54) is 26.1 Å². The Morgan fingerprint density at radius 1 is 1.29 bits per heavy atom. The average Bonchev–Trinajstić information content (AvgIpc) is 2.19. The first-order valence-electron chi connectivity index (χ1n) is 6.45. The minimum Gasteiger partial charge on any atom is -0.457 e. The van der Waals surface area contributed by atoms with E-state index < -0.39 is 0 Å². The van der Waals surface area contributed by atoms with Crippen molar-refractivity contribution in [3.05, 3.63) is 7.05 Å². The molecule has 1 fully saturated rings. The van der Waals surface area contributed by atoms with Crippen LogP contribution in [-0.2, 0) is 32.7 Å². The van der Waals surface area contributed by atoms with Gasteiger partial charge in [0.1, 0.15) is 0 Å². The van der Waals surface area contributed by atoms with Crippen molar-refractivity contribution in [3.8, 4) is 0 Å². The summed E-state index contributed by atoms with van der Waals surface area (Å²) in [6.07, 6.45) is 1.27. The van der Waals surface area contributed by atoms with Crippen molar-refractivity contribution in [3.63, 3.8) is 0 Å². The van der Waals surface area contributed by atoms with E-state index in [0.717, 1.165) is 19.0 Å². The van der Waals surface area contributed by atoms with Crippen molar-refractivity contribution in [1.82, 2.24) is 14.7 Å². The molecule has 0 bridgehead atoms. The first kappa shape index (κ1) is 18.0. The molecule has 17 heavy (non-hydrogen) atoms. The van der Waals surface area contributed by atoms with E-state index in [-0.39, 0.29) is 32.7 Å². The third-order valence-corrected chi connectivity index (χ3v) is 3.44. The molecule has 0 saturated carbocycles. The van der Waals surface area contributed by atoms with Gasteiger partial charge in [0.25, 0.3) is 0 Å². The van der Waals surface area contributed by atoms with Gasteiger partial charge in [-0.3, -0.25) is 11.9 Å². The third-order valence-electron chi connectivity index (χ3n) is 3.44. The predicted octanol–water partition coefficient (Wildman–Crippen LogP) is 1.37. The maximum atomic E-state index is 4.07. The van der Waals surface area contributed by atoms with Gasteiger partial charge in [-0.25, -0.2) is 0 Å².